The van der Waals surface area contributed by atoms with Crippen LogP contribution in [0.4, 0.5) is 5.82 Å². The van der Waals surface area contributed by atoms with Gasteiger partial charge in [0.25, 0.3) is 0 Å². The van der Waals surface area contributed by atoms with E-state index in [1.165, 1.54) is 0 Å². The number of hydrogen-bond acceptors (Lipinski definition) is 4. The lowest BCUT2D eigenvalue weighted by Crippen LogP contribution is -1.98. The molecule has 0 fully saturated rings. The summed E-state index contributed by atoms with van der Waals surface area (Å²) in [6.07, 6.45) is 0. The zero-order valence-corrected chi connectivity index (χ0v) is 11.4. The van der Waals surface area contributed by atoms with Crippen LogP contribution in [0.1, 0.15) is 0 Å². The summed E-state index contributed by atoms with van der Waals surface area (Å²) in [5, 5.41) is 10.8. The first kappa shape index (κ1) is 11.9. The number of halogens is 1. The SMILES string of the molecule is Nc1nc(-c2c(O)cccc2Br)nc2ccccc12. The molecule has 0 aliphatic carbocycles. The Labute approximate surface area is 118 Å². The van der Waals surface area contributed by atoms with Crippen molar-refractivity contribution in [1.29, 1.82) is 0 Å². The standard InChI is InChI=1S/C14H10BrN3O/c15-9-5-3-7-11(19)12(9)14-17-10-6-2-1-4-8(10)13(16)18-14/h1-7,19H,(H2,16,17,18). The van der Waals surface area contributed by atoms with Crippen LogP contribution < -0.4 is 5.73 Å². The maximum absolute atomic E-state index is 9.96. The quantitative estimate of drug-likeness (QED) is 0.722. The van der Waals surface area contributed by atoms with Gasteiger partial charge in [-0.2, -0.15) is 0 Å². The fourth-order valence-corrected chi connectivity index (χ4v) is 2.48. The maximum atomic E-state index is 9.96. The van der Waals surface area contributed by atoms with Crippen molar-refractivity contribution in [2.45, 2.75) is 0 Å². The molecule has 3 aromatic rings. The van der Waals surface area contributed by atoms with Crippen molar-refractivity contribution in [3.8, 4) is 17.1 Å². The Morgan fingerprint density at radius 3 is 2.58 bits per heavy atom. The molecule has 19 heavy (non-hydrogen) atoms. The molecule has 0 atom stereocenters. The van der Waals surface area contributed by atoms with Crippen molar-refractivity contribution in [3.63, 3.8) is 0 Å². The second-order valence-corrected chi connectivity index (χ2v) is 4.94. The van der Waals surface area contributed by atoms with Gasteiger partial charge in [-0.1, -0.05) is 18.2 Å². The highest BCUT2D eigenvalue weighted by Crippen LogP contribution is 2.35. The summed E-state index contributed by atoms with van der Waals surface area (Å²) in [6, 6.07) is 12.7. The van der Waals surface area contributed by atoms with Gasteiger partial charge in [0.1, 0.15) is 11.6 Å². The molecule has 94 valence electrons. The molecule has 0 aliphatic rings. The number of fused-ring (bicyclic) bond motifs is 1. The maximum Gasteiger partial charge on any atom is 0.167 e. The predicted octanol–water partition coefficient (Wildman–Crippen LogP) is 3.35. The Balaban J connectivity index is 2.32. The van der Waals surface area contributed by atoms with Crippen LogP contribution in [0.2, 0.25) is 0 Å². The molecule has 2 aromatic carbocycles. The number of phenolic OH excluding ortho intramolecular Hbond substituents is 1. The second kappa shape index (κ2) is 4.51. The fourth-order valence-electron chi connectivity index (χ4n) is 1.95. The number of rotatable bonds is 1. The Kier molecular flexibility index (Phi) is 2.83. The van der Waals surface area contributed by atoms with Crippen LogP contribution in [0, 0.1) is 0 Å². The highest BCUT2D eigenvalue weighted by atomic mass is 79.9. The number of nitrogens with two attached hydrogens (primary N) is 1. The molecule has 0 amide bonds. The van der Waals surface area contributed by atoms with E-state index in [4.69, 9.17) is 5.73 Å². The molecule has 0 aliphatic heterocycles. The van der Waals surface area contributed by atoms with Crippen molar-refractivity contribution >= 4 is 32.7 Å². The van der Waals surface area contributed by atoms with Crippen LogP contribution in [0.15, 0.2) is 46.9 Å². The van der Waals surface area contributed by atoms with E-state index >= 15 is 0 Å². The first-order valence-corrected chi connectivity index (χ1v) is 6.46. The monoisotopic (exact) mass is 315 g/mol. The van der Waals surface area contributed by atoms with E-state index in [0.29, 0.717) is 17.2 Å². The molecule has 0 saturated carbocycles. The number of benzene rings is 2. The van der Waals surface area contributed by atoms with E-state index in [0.717, 1.165) is 15.4 Å². The first-order valence-electron chi connectivity index (χ1n) is 5.67. The van der Waals surface area contributed by atoms with Crippen LogP contribution in [0.3, 0.4) is 0 Å². The van der Waals surface area contributed by atoms with Crippen molar-refractivity contribution < 1.29 is 5.11 Å². The van der Waals surface area contributed by atoms with Crippen LogP contribution in [0.25, 0.3) is 22.3 Å². The smallest absolute Gasteiger partial charge is 0.167 e. The summed E-state index contributed by atoms with van der Waals surface area (Å²) < 4.78 is 0.724. The van der Waals surface area contributed by atoms with E-state index in [1.807, 2.05) is 30.3 Å². The molecule has 3 rings (SSSR count). The number of hydrogen-bond donors (Lipinski definition) is 2. The molecular formula is C14H10BrN3O. The molecule has 0 spiro atoms. The lowest BCUT2D eigenvalue weighted by molar-refractivity contribution is 0.476. The molecule has 3 N–H and O–H groups in total. The van der Waals surface area contributed by atoms with Crippen LogP contribution >= 0.6 is 15.9 Å². The zero-order valence-electron chi connectivity index (χ0n) is 9.84. The van der Waals surface area contributed by atoms with E-state index in [1.54, 1.807) is 12.1 Å². The summed E-state index contributed by atoms with van der Waals surface area (Å²) in [5.74, 6) is 0.918. The fraction of sp³-hybridized carbons (Fsp3) is 0. The van der Waals surface area contributed by atoms with Gasteiger partial charge in [0.15, 0.2) is 5.82 Å². The summed E-state index contributed by atoms with van der Waals surface area (Å²) in [4.78, 5) is 8.72. The van der Waals surface area contributed by atoms with E-state index in [-0.39, 0.29) is 5.75 Å². The lowest BCUT2D eigenvalue weighted by atomic mass is 10.1. The summed E-state index contributed by atoms with van der Waals surface area (Å²) >= 11 is 3.39. The van der Waals surface area contributed by atoms with Gasteiger partial charge in [0.2, 0.25) is 0 Å². The minimum absolute atomic E-state index is 0.115. The van der Waals surface area contributed by atoms with Crippen LogP contribution in [0.5, 0.6) is 5.75 Å². The summed E-state index contributed by atoms with van der Waals surface area (Å²) in [5.41, 5.74) is 7.24. The molecule has 4 nitrogen and oxygen atoms in total. The summed E-state index contributed by atoms with van der Waals surface area (Å²) in [6.45, 7) is 0. The molecule has 5 heteroatoms. The zero-order chi connectivity index (χ0) is 13.4. The van der Waals surface area contributed by atoms with Gasteiger partial charge in [-0.3, -0.25) is 0 Å². The van der Waals surface area contributed by atoms with Crippen LogP contribution in [-0.4, -0.2) is 15.1 Å². The number of nitrogen functional groups attached to an aromatic ring is 1. The second-order valence-electron chi connectivity index (χ2n) is 4.08. The Bertz CT molecular complexity index is 753. The number of phenols is 1. The Morgan fingerprint density at radius 1 is 1.00 bits per heavy atom. The molecule has 0 saturated heterocycles. The minimum atomic E-state index is 0.115. The normalized spacial score (nSPS) is 10.8. The number of aromatic nitrogens is 2. The number of nitrogens with zero attached hydrogens (tertiary/aromatic N) is 2. The topological polar surface area (TPSA) is 72.0 Å². The van der Waals surface area contributed by atoms with Crippen molar-refractivity contribution in [2.24, 2.45) is 0 Å². The van der Waals surface area contributed by atoms with E-state index < -0.39 is 0 Å². The largest absolute Gasteiger partial charge is 0.507 e. The van der Waals surface area contributed by atoms with Gasteiger partial charge in [0, 0.05) is 9.86 Å². The van der Waals surface area contributed by atoms with Crippen molar-refractivity contribution in [1.82, 2.24) is 9.97 Å². The third-order valence-electron chi connectivity index (χ3n) is 2.85. The average Bonchev–Trinajstić information content (AvgIpc) is 2.38. The molecule has 0 radical (unpaired) electrons. The minimum Gasteiger partial charge on any atom is -0.507 e. The third kappa shape index (κ3) is 2.02. The van der Waals surface area contributed by atoms with E-state index in [9.17, 15) is 5.11 Å². The Hall–Kier alpha value is -2.14. The van der Waals surface area contributed by atoms with Gasteiger partial charge in [0.05, 0.1) is 11.1 Å². The van der Waals surface area contributed by atoms with E-state index in [2.05, 4.69) is 25.9 Å². The third-order valence-corrected chi connectivity index (χ3v) is 3.51. The first-order chi connectivity index (χ1) is 9.16. The van der Waals surface area contributed by atoms with Gasteiger partial charge < -0.3 is 10.8 Å². The number of para-hydroxylation sites is 1. The molecule has 0 bridgehead atoms. The average molecular weight is 316 g/mol. The highest BCUT2D eigenvalue weighted by molar-refractivity contribution is 9.10. The summed E-state index contributed by atoms with van der Waals surface area (Å²) in [7, 11) is 0. The van der Waals surface area contributed by atoms with Gasteiger partial charge in [-0.05, 0) is 40.2 Å². The van der Waals surface area contributed by atoms with Crippen LogP contribution in [-0.2, 0) is 0 Å². The molecule has 1 heterocycles. The predicted molar refractivity (Wildman–Crippen MR) is 78.8 cm³/mol. The number of anilines is 1. The van der Waals surface area contributed by atoms with Gasteiger partial charge in [-0.25, -0.2) is 9.97 Å². The van der Waals surface area contributed by atoms with Gasteiger partial charge >= 0.3 is 0 Å². The number of aromatic hydroxyl groups is 1. The molecule has 0 unspecified atom stereocenters. The molecule has 1 aromatic heterocycles. The highest BCUT2D eigenvalue weighted by Gasteiger charge is 2.13. The van der Waals surface area contributed by atoms with Crippen molar-refractivity contribution in [2.75, 3.05) is 5.73 Å². The lowest BCUT2D eigenvalue weighted by Gasteiger charge is -2.08. The molecular weight excluding hydrogens is 306 g/mol. The van der Waals surface area contributed by atoms with Gasteiger partial charge in [-0.15, -0.1) is 0 Å². The Morgan fingerprint density at radius 2 is 1.79 bits per heavy atom. The van der Waals surface area contributed by atoms with Crippen molar-refractivity contribution in [3.05, 3.63) is 46.9 Å².